The summed E-state index contributed by atoms with van der Waals surface area (Å²) >= 11 is 0. The lowest BCUT2D eigenvalue weighted by Crippen LogP contribution is -2.39. The fraction of sp³-hybridized carbons (Fsp3) is 1.00. The lowest BCUT2D eigenvalue weighted by Gasteiger charge is -2.31. The summed E-state index contributed by atoms with van der Waals surface area (Å²) in [5.41, 5.74) is -0.221. The van der Waals surface area contributed by atoms with Gasteiger partial charge in [-0.15, -0.1) is 0 Å². The first-order valence-electron chi connectivity index (χ1n) is 9.92. The van der Waals surface area contributed by atoms with Crippen molar-refractivity contribution < 1.29 is 18.9 Å². The number of hydrogen-bond acceptors (Lipinski definition) is 4. The molecule has 0 saturated carbocycles. The molecule has 142 valence electrons. The van der Waals surface area contributed by atoms with Crippen LogP contribution in [0.5, 0.6) is 0 Å². The average molecular weight is 343 g/mol. The molecule has 4 heteroatoms. The molecule has 0 spiro atoms. The van der Waals surface area contributed by atoms with E-state index in [0.29, 0.717) is 13.2 Å². The molecule has 0 aromatic rings. The van der Waals surface area contributed by atoms with Crippen molar-refractivity contribution in [3.05, 3.63) is 0 Å². The van der Waals surface area contributed by atoms with E-state index >= 15 is 0 Å². The predicted molar refractivity (Wildman–Crippen MR) is 96.0 cm³/mol. The number of unbranched alkanes of at least 4 members (excludes halogenated alkanes) is 6. The molecule has 2 aliphatic heterocycles. The second kappa shape index (κ2) is 8.48. The molecule has 2 rings (SSSR count). The van der Waals surface area contributed by atoms with Crippen LogP contribution in [-0.4, -0.2) is 36.5 Å². The van der Waals surface area contributed by atoms with Crippen LogP contribution in [0.2, 0.25) is 0 Å². The van der Waals surface area contributed by atoms with Gasteiger partial charge in [0.2, 0.25) is 0 Å². The maximum absolute atomic E-state index is 6.35. The second-order valence-corrected chi connectivity index (χ2v) is 8.50. The van der Waals surface area contributed by atoms with E-state index in [1.165, 1.54) is 44.9 Å². The van der Waals surface area contributed by atoms with Gasteiger partial charge in [-0.25, -0.2) is 0 Å². The molecule has 2 atom stereocenters. The Hall–Kier alpha value is -0.160. The minimum atomic E-state index is -0.490. The summed E-state index contributed by atoms with van der Waals surface area (Å²) in [4.78, 5) is 0. The van der Waals surface area contributed by atoms with E-state index in [4.69, 9.17) is 18.9 Å². The van der Waals surface area contributed by atoms with Gasteiger partial charge in [-0.1, -0.05) is 51.9 Å². The van der Waals surface area contributed by atoms with Crippen molar-refractivity contribution in [2.75, 3.05) is 13.2 Å². The van der Waals surface area contributed by atoms with Gasteiger partial charge in [0.15, 0.2) is 11.6 Å². The maximum Gasteiger partial charge on any atom is 0.163 e. The third-order valence-corrected chi connectivity index (χ3v) is 5.05. The quantitative estimate of drug-likeness (QED) is 0.512. The fourth-order valence-electron chi connectivity index (χ4n) is 3.89. The molecule has 4 nitrogen and oxygen atoms in total. The Morgan fingerprint density at radius 1 is 0.833 bits per heavy atom. The molecule has 0 radical (unpaired) electrons. The van der Waals surface area contributed by atoms with E-state index < -0.39 is 11.6 Å². The van der Waals surface area contributed by atoms with Gasteiger partial charge < -0.3 is 18.9 Å². The van der Waals surface area contributed by atoms with Gasteiger partial charge in [0, 0.05) is 6.42 Å². The van der Waals surface area contributed by atoms with Crippen molar-refractivity contribution in [2.45, 2.75) is 116 Å². The predicted octanol–water partition coefficient (Wildman–Crippen LogP) is 5.19. The van der Waals surface area contributed by atoms with Crippen molar-refractivity contribution >= 4 is 0 Å². The highest BCUT2D eigenvalue weighted by molar-refractivity contribution is 4.92. The zero-order valence-electron chi connectivity index (χ0n) is 16.5. The topological polar surface area (TPSA) is 36.9 Å². The van der Waals surface area contributed by atoms with Gasteiger partial charge in [0.25, 0.3) is 0 Å². The molecule has 0 unspecified atom stereocenters. The third kappa shape index (κ3) is 6.29. The zero-order chi connectivity index (χ0) is 17.7. The summed E-state index contributed by atoms with van der Waals surface area (Å²) in [7, 11) is 0. The summed E-state index contributed by atoms with van der Waals surface area (Å²) in [6.07, 6.45) is 11.2. The summed E-state index contributed by atoms with van der Waals surface area (Å²) in [5.74, 6) is -0.962. The van der Waals surface area contributed by atoms with Gasteiger partial charge >= 0.3 is 0 Å². The Bertz CT molecular complexity index is 380. The summed E-state index contributed by atoms with van der Waals surface area (Å²) in [6, 6.07) is 0. The standard InChI is InChI=1S/C20H38O4/c1-6-7-8-9-10-11-12-13-20(16-22-19(4,5)24-20)14-17-15-21-18(2,3)23-17/h17H,6-16H2,1-5H3/t17-,20-/m0/s1. The molecule has 2 fully saturated rings. The smallest absolute Gasteiger partial charge is 0.163 e. The van der Waals surface area contributed by atoms with Crippen molar-refractivity contribution in [2.24, 2.45) is 0 Å². The SMILES string of the molecule is CCCCCCCCC[C@]1(C[C@H]2COC(C)(C)O2)COC(C)(C)O1. The number of rotatable bonds is 10. The molecular weight excluding hydrogens is 304 g/mol. The monoisotopic (exact) mass is 342 g/mol. The number of ether oxygens (including phenoxy) is 4. The van der Waals surface area contributed by atoms with Crippen LogP contribution in [0.4, 0.5) is 0 Å². The lowest BCUT2D eigenvalue weighted by molar-refractivity contribution is -0.176. The molecule has 0 amide bonds. The highest BCUT2D eigenvalue weighted by Gasteiger charge is 2.48. The van der Waals surface area contributed by atoms with E-state index in [0.717, 1.165) is 12.8 Å². The molecule has 0 aromatic carbocycles. The molecule has 0 aromatic heterocycles. The molecule has 0 bridgehead atoms. The van der Waals surface area contributed by atoms with Crippen LogP contribution in [0.3, 0.4) is 0 Å². The Kier molecular flexibility index (Phi) is 7.12. The van der Waals surface area contributed by atoms with E-state index in [2.05, 4.69) is 6.92 Å². The minimum absolute atomic E-state index is 0.0991. The Morgan fingerprint density at radius 2 is 1.50 bits per heavy atom. The van der Waals surface area contributed by atoms with Crippen LogP contribution in [0.15, 0.2) is 0 Å². The molecule has 2 aliphatic rings. The number of hydrogen-bond donors (Lipinski definition) is 0. The van der Waals surface area contributed by atoms with Crippen LogP contribution in [-0.2, 0) is 18.9 Å². The summed E-state index contributed by atoms with van der Waals surface area (Å²) in [6.45, 7) is 11.5. The Balaban J connectivity index is 1.79. The molecule has 24 heavy (non-hydrogen) atoms. The first kappa shape index (κ1) is 20.2. The highest BCUT2D eigenvalue weighted by Crippen LogP contribution is 2.40. The molecule has 0 N–H and O–H groups in total. The molecule has 0 aliphatic carbocycles. The average Bonchev–Trinajstić information content (AvgIpc) is 2.97. The van der Waals surface area contributed by atoms with Crippen LogP contribution >= 0.6 is 0 Å². The van der Waals surface area contributed by atoms with Gasteiger partial charge in [-0.3, -0.25) is 0 Å². The molecule has 2 saturated heterocycles. The highest BCUT2D eigenvalue weighted by atomic mass is 16.8. The lowest BCUT2D eigenvalue weighted by atomic mass is 9.90. The second-order valence-electron chi connectivity index (χ2n) is 8.50. The Morgan fingerprint density at radius 3 is 2.04 bits per heavy atom. The third-order valence-electron chi connectivity index (χ3n) is 5.05. The minimum Gasteiger partial charge on any atom is -0.348 e. The van der Waals surface area contributed by atoms with E-state index in [1.54, 1.807) is 0 Å². The van der Waals surface area contributed by atoms with Gasteiger partial charge in [0.05, 0.1) is 24.9 Å². The first-order chi connectivity index (χ1) is 11.3. The molecular formula is C20H38O4. The fourth-order valence-corrected chi connectivity index (χ4v) is 3.89. The van der Waals surface area contributed by atoms with E-state index in [-0.39, 0.29) is 11.7 Å². The first-order valence-corrected chi connectivity index (χ1v) is 9.92. The zero-order valence-corrected chi connectivity index (χ0v) is 16.5. The molecule has 2 heterocycles. The van der Waals surface area contributed by atoms with Gasteiger partial charge in [0.1, 0.15) is 0 Å². The maximum atomic E-state index is 6.35. The Labute approximate surface area is 148 Å². The normalized spacial score (nSPS) is 31.6. The van der Waals surface area contributed by atoms with Crippen LogP contribution in [0.25, 0.3) is 0 Å². The van der Waals surface area contributed by atoms with Crippen molar-refractivity contribution in [3.63, 3.8) is 0 Å². The largest absolute Gasteiger partial charge is 0.348 e. The van der Waals surface area contributed by atoms with E-state index in [9.17, 15) is 0 Å². The van der Waals surface area contributed by atoms with Crippen molar-refractivity contribution in [3.8, 4) is 0 Å². The van der Waals surface area contributed by atoms with Crippen molar-refractivity contribution in [1.82, 2.24) is 0 Å². The van der Waals surface area contributed by atoms with Crippen LogP contribution in [0.1, 0.15) is 92.4 Å². The van der Waals surface area contributed by atoms with E-state index in [1.807, 2.05) is 27.7 Å². The van der Waals surface area contributed by atoms with Gasteiger partial charge in [-0.2, -0.15) is 0 Å². The van der Waals surface area contributed by atoms with Crippen molar-refractivity contribution in [1.29, 1.82) is 0 Å². The summed E-state index contributed by atoms with van der Waals surface area (Å²) in [5, 5.41) is 0. The van der Waals surface area contributed by atoms with Crippen LogP contribution in [0, 0.1) is 0 Å². The summed E-state index contributed by atoms with van der Waals surface area (Å²) < 4.78 is 24.0. The van der Waals surface area contributed by atoms with Crippen LogP contribution < -0.4 is 0 Å². The van der Waals surface area contributed by atoms with Gasteiger partial charge in [-0.05, 0) is 34.1 Å².